The van der Waals surface area contributed by atoms with Crippen LogP contribution in [0.3, 0.4) is 0 Å². The summed E-state index contributed by atoms with van der Waals surface area (Å²) in [5, 5.41) is 2.87. The fourth-order valence-electron chi connectivity index (χ4n) is 1.03. The number of halogens is 3. The molecule has 1 aromatic heterocycles. The molecule has 0 fully saturated rings. The van der Waals surface area contributed by atoms with E-state index in [9.17, 15) is 4.39 Å². The maximum absolute atomic E-state index is 13.0. The Labute approximate surface area is 89.7 Å². The van der Waals surface area contributed by atoms with Crippen molar-refractivity contribution in [3.8, 4) is 0 Å². The Morgan fingerprint density at radius 3 is 2.75 bits per heavy atom. The molecule has 2 aromatic rings. The molecule has 0 unspecified atom stereocenters. The van der Waals surface area contributed by atoms with Crippen molar-refractivity contribution in [1.29, 1.82) is 0 Å². The second-order valence-electron chi connectivity index (χ2n) is 2.32. The molecule has 0 saturated heterocycles. The molecular weight excluding hydrogens is 307 g/mol. The molecule has 1 aromatic carbocycles. The molecular formula is C8H3Br2FS. The molecule has 0 aliphatic rings. The highest BCUT2D eigenvalue weighted by Gasteiger charge is 2.08. The topological polar surface area (TPSA) is 0 Å². The third-order valence-electron chi connectivity index (χ3n) is 1.58. The fourth-order valence-corrected chi connectivity index (χ4v) is 3.63. The Balaban J connectivity index is 2.96. The Kier molecular flexibility index (Phi) is 2.23. The highest BCUT2D eigenvalue weighted by Crippen LogP contribution is 2.36. The lowest BCUT2D eigenvalue weighted by Crippen LogP contribution is -1.76. The van der Waals surface area contributed by atoms with Crippen LogP contribution in [0.1, 0.15) is 0 Å². The van der Waals surface area contributed by atoms with Crippen molar-refractivity contribution in [1.82, 2.24) is 0 Å². The first-order valence-electron chi connectivity index (χ1n) is 3.21. The SMILES string of the molecule is Fc1ccc2scc(Br)c2c1Br. The normalized spacial score (nSPS) is 10.9. The van der Waals surface area contributed by atoms with E-state index in [4.69, 9.17) is 0 Å². The van der Waals surface area contributed by atoms with Crippen LogP contribution in [0.25, 0.3) is 10.1 Å². The van der Waals surface area contributed by atoms with Gasteiger partial charge in [0.2, 0.25) is 0 Å². The third-order valence-corrected chi connectivity index (χ3v) is 4.24. The lowest BCUT2D eigenvalue weighted by Gasteiger charge is -1.96. The number of hydrogen-bond donors (Lipinski definition) is 0. The van der Waals surface area contributed by atoms with Crippen LogP contribution in [-0.4, -0.2) is 0 Å². The molecule has 0 amide bonds. The molecule has 12 heavy (non-hydrogen) atoms. The predicted molar refractivity (Wildman–Crippen MR) is 57.2 cm³/mol. The summed E-state index contributed by atoms with van der Waals surface area (Å²) in [6, 6.07) is 3.25. The second kappa shape index (κ2) is 3.09. The van der Waals surface area contributed by atoms with Crippen molar-refractivity contribution in [2.75, 3.05) is 0 Å². The first-order chi connectivity index (χ1) is 5.70. The summed E-state index contributed by atoms with van der Waals surface area (Å²) >= 11 is 8.17. The molecule has 1 heterocycles. The molecule has 0 N–H and O–H groups in total. The molecule has 0 atom stereocenters. The van der Waals surface area contributed by atoms with E-state index in [1.807, 2.05) is 5.38 Å². The van der Waals surface area contributed by atoms with Crippen molar-refractivity contribution in [2.24, 2.45) is 0 Å². The number of hydrogen-bond acceptors (Lipinski definition) is 1. The number of thiophene rings is 1. The molecule has 62 valence electrons. The van der Waals surface area contributed by atoms with Gasteiger partial charge in [-0.2, -0.15) is 0 Å². The van der Waals surface area contributed by atoms with Gasteiger partial charge in [0.25, 0.3) is 0 Å². The molecule has 0 saturated carbocycles. The highest BCUT2D eigenvalue weighted by molar-refractivity contribution is 9.11. The van der Waals surface area contributed by atoms with Crippen molar-refractivity contribution >= 4 is 53.3 Å². The molecule has 0 bridgehead atoms. The summed E-state index contributed by atoms with van der Waals surface area (Å²) in [6.45, 7) is 0. The van der Waals surface area contributed by atoms with Gasteiger partial charge in [-0.25, -0.2) is 4.39 Å². The average Bonchev–Trinajstić information content (AvgIpc) is 2.41. The minimum absolute atomic E-state index is 0.221. The van der Waals surface area contributed by atoms with Crippen LogP contribution in [0.4, 0.5) is 4.39 Å². The number of fused-ring (bicyclic) bond motifs is 1. The zero-order chi connectivity index (χ0) is 8.72. The summed E-state index contributed by atoms with van der Waals surface area (Å²) in [5.74, 6) is -0.221. The van der Waals surface area contributed by atoms with E-state index in [2.05, 4.69) is 31.9 Å². The molecule has 2 rings (SSSR count). The van der Waals surface area contributed by atoms with Gasteiger partial charge in [-0.15, -0.1) is 11.3 Å². The smallest absolute Gasteiger partial charge is 0.138 e. The Morgan fingerprint density at radius 2 is 2.00 bits per heavy atom. The standard InChI is InChI=1S/C8H3Br2FS/c9-4-3-12-6-2-1-5(11)8(10)7(4)6/h1-3H. The van der Waals surface area contributed by atoms with Gasteiger partial charge in [0, 0.05) is 19.9 Å². The van der Waals surface area contributed by atoms with Gasteiger partial charge in [-0.05, 0) is 44.0 Å². The van der Waals surface area contributed by atoms with E-state index >= 15 is 0 Å². The van der Waals surface area contributed by atoms with Crippen molar-refractivity contribution in [3.05, 3.63) is 32.3 Å². The van der Waals surface area contributed by atoms with E-state index in [0.29, 0.717) is 4.47 Å². The zero-order valence-corrected chi connectivity index (χ0v) is 9.76. The van der Waals surface area contributed by atoms with Gasteiger partial charge in [0.05, 0.1) is 4.47 Å². The van der Waals surface area contributed by atoms with Crippen LogP contribution >= 0.6 is 43.2 Å². The average molecular weight is 310 g/mol. The van der Waals surface area contributed by atoms with E-state index in [-0.39, 0.29) is 5.82 Å². The van der Waals surface area contributed by atoms with Gasteiger partial charge >= 0.3 is 0 Å². The molecule has 4 heteroatoms. The predicted octanol–water partition coefficient (Wildman–Crippen LogP) is 4.57. The third kappa shape index (κ3) is 1.22. The van der Waals surface area contributed by atoms with Crippen LogP contribution in [0.2, 0.25) is 0 Å². The minimum atomic E-state index is -0.221. The molecule has 0 radical (unpaired) electrons. The van der Waals surface area contributed by atoms with Gasteiger partial charge in [-0.1, -0.05) is 0 Å². The van der Waals surface area contributed by atoms with Crippen molar-refractivity contribution in [2.45, 2.75) is 0 Å². The quantitative estimate of drug-likeness (QED) is 0.669. The summed E-state index contributed by atoms with van der Waals surface area (Å²) in [6.07, 6.45) is 0. The van der Waals surface area contributed by atoms with Gasteiger partial charge in [0.15, 0.2) is 0 Å². The number of benzene rings is 1. The fraction of sp³-hybridized carbons (Fsp3) is 0. The zero-order valence-electron chi connectivity index (χ0n) is 5.77. The summed E-state index contributed by atoms with van der Waals surface area (Å²) in [5.41, 5.74) is 0. The van der Waals surface area contributed by atoms with E-state index in [1.54, 1.807) is 17.4 Å². The Hall–Kier alpha value is 0.0700. The molecule has 0 spiro atoms. The van der Waals surface area contributed by atoms with Crippen molar-refractivity contribution < 1.29 is 4.39 Å². The van der Waals surface area contributed by atoms with Gasteiger partial charge in [-0.3, -0.25) is 0 Å². The van der Waals surface area contributed by atoms with Gasteiger partial charge in [0.1, 0.15) is 5.82 Å². The maximum Gasteiger partial charge on any atom is 0.138 e. The first kappa shape index (κ1) is 8.66. The summed E-state index contributed by atoms with van der Waals surface area (Å²) in [7, 11) is 0. The van der Waals surface area contributed by atoms with Crippen molar-refractivity contribution in [3.63, 3.8) is 0 Å². The largest absolute Gasteiger partial charge is 0.206 e. The maximum atomic E-state index is 13.0. The summed E-state index contributed by atoms with van der Waals surface area (Å²) < 4.78 is 15.6. The molecule has 0 aliphatic heterocycles. The van der Waals surface area contributed by atoms with E-state index in [1.165, 1.54) is 6.07 Å². The molecule has 0 aliphatic carbocycles. The van der Waals surface area contributed by atoms with Crippen LogP contribution in [0.5, 0.6) is 0 Å². The Bertz CT molecular complexity index is 436. The van der Waals surface area contributed by atoms with E-state index in [0.717, 1.165) is 14.6 Å². The minimum Gasteiger partial charge on any atom is -0.206 e. The lowest BCUT2D eigenvalue weighted by atomic mass is 10.2. The monoisotopic (exact) mass is 308 g/mol. The lowest BCUT2D eigenvalue weighted by molar-refractivity contribution is 0.623. The molecule has 0 nitrogen and oxygen atoms in total. The second-order valence-corrected chi connectivity index (χ2v) is 4.88. The van der Waals surface area contributed by atoms with E-state index < -0.39 is 0 Å². The van der Waals surface area contributed by atoms with Crippen LogP contribution < -0.4 is 0 Å². The summed E-state index contributed by atoms with van der Waals surface area (Å²) in [4.78, 5) is 0. The van der Waals surface area contributed by atoms with Gasteiger partial charge < -0.3 is 0 Å². The Morgan fingerprint density at radius 1 is 1.25 bits per heavy atom. The van der Waals surface area contributed by atoms with Crippen LogP contribution in [-0.2, 0) is 0 Å². The first-order valence-corrected chi connectivity index (χ1v) is 5.67. The van der Waals surface area contributed by atoms with Crippen LogP contribution in [0, 0.1) is 5.82 Å². The highest BCUT2D eigenvalue weighted by atomic mass is 79.9. The van der Waals surface area contributed by atoms with Crippen LogP contribution in [0.15, 0.2) is 26.5 Å². The number of rotatable bonds is 0.